The SMILES string of the molecule is Cn1ccnc1C(NC(=O)c1ccc(SC(F)(F)F)cc1)c1ccc(Cl)cc1. The van der Waals surface area contributed by atoms with Crippen LogP contribution in [0.2, 0.25) is 5.02 Å². The third kappa shape index (κ3) is 5.08. The van der Waals surface area contributed by atoms with Gasteiger partial charge in [-0.25, -0.2) is 4.98 Å². The third-order valence-electron chi connectivity index (χ3n) is 3.95. The van der Waals surface area contributed by atoms with Gasteiger partial charge in [-0.2, -0.15) is 13.2 Å². The molecule has 1 aromatic heterocycles. The van der Waals surface area contributed by atoms with E-state index in [1.165, 1.54) is 24.3 Å². The van der Waals surface area contributed by atoms with Crippen LogP contribution in [-0.4, -0.2) is 21.0 Å². The number of rotatable bonds is 5. The monoisotopic (exact) mass is 425 g/mol. The quantitative estimate of drug-likeness (QED) is 0.571. The van der Waals surface area contributed by atoms with Crippen molar-refractivity contribution >= 4 is 29.3 Å². The van der Waals surface area contributed by atoms with Gasteiger partial charge in [0, 0.05) is 34.9 Å². The molecule has 0 aliphatic carbocycles. The second kappa shape index (κ2) is 8.28. The normalized spacial score (nSPS) is 12.6. The van der Waals surface area contributed by atoms with E-state index >= 15 is 0 Å². The Morgan fingerprint density at radius 2 is 1.79 bits per heavy atom. The fourth-order valence-corrected chi connectivity index (χ4v) is 3.30. The number of alkyl halides is 3. The van der Waals surface area contributed by atoms with Crippen molar-refractivity contribution < 1.29 is 18.0 Å². The van der Waals surface area contributed by atoms with E-state index in [0.29, 0.717) is 10.8 Å². The number of hydrogen-bond acceptors (Lipinski definition) is 3. The summed E-state index contributed by atoms with van der Waals surface area (Å²) in [5.74, 6) is 0.187. The Labute approximate surface area is 168 Å². The van der Waals surface area contributed by atoms with E-state index < -0.39 is 17.5 Å². The first-order valence-electron chi connectivity index (χ1n) is 8.12. The number of nitrogens with one attached hydrogen (secondary N) is 1. The van der Waals surface area contributed by atoms with E-state index in [9.17, 15) is 18.0 Å². The number of amides is 1. The van der Waals surface area contributed by atoms with Crippen LogP contribution < -0.4 is 5.32 Å². The number of carbonyl (C=O) groups is 1. The molecule has 0 aliphatic rings. The lowest BCUT2D eigenvalue weighted by atomic mass is 10.1. The molecule has 1 amide bonds. The smallest absolute Gasteiger partial charge is 0.338 e. The molecule has 0 saturated carbocycles. The molecular formula is C19H15ClF3N3OS. The topological polar surface area (TPSA) is 46.9 Å². The van der Waals surface area contributed by atoms with Crippen molar-refractivity contribution in [2.75, 3.05) is 0 Å². The maximum Gasteiger partial charge on any atom is 0.446 e. The van der Waals surface area contributed by atoms with E-state index in [0.717, 1.165) is 5.56 Å². The molecule has 0 spiro atoms. The van der Waals surface area contributed by atoms with Gasteiger partial charge in [-0.3, -0.25) is 4.79 Å². The minimum Gasteiger partial charge on any atom is -0.338 e. The van der Waals surface area contributed by atoms with Gasteiger partial charge < -0.3 is 9.88 Å². The van der Waals surface area contributed by atoms with E-state index in [-0.39, 0.29) is 22.2 Å². The average molecular weight is 426 g/mol. The first kappa shape index (κ1) is 20.3. The Morgan fingerprint density at radius 3 is 2.32 bits per heavy atom. The number of nitrogens with zero attached hydrogens (tertiary/aromatic N) is 2. The maximum atomic E-state index is 12.7. The van der Waals surface area contributed by atoms with Gasteiger partial charge in [0.05, 0.1) is 0 Å². The van der Waals surface area contributed by atoms with E-state index in [4.69, 9.17) is 11.6 Å². The van der Waals surface area contributed by atoms with Gasteiger partial charge in [-0.15, -0.1) is 0 Å². The molecule has 0 aliphatic heterocycles. The largest absolute Gasteiger partial charge is 0.446 e. The highest BCUT2D eigenvalue weighted by Crippen LogP contribution is 2.36. The number of thioether (sulfide) groups is 1. The van der Waals surface area contributed by atoms with Gasteiger partial charge in [0.1, 0.15) is 11.9 Å². The van der Waals surface area contributed by atoms with Crippen molar-refractivity contribution in [2.24, 2.45) is 7.05 Å². The lowest BCUT2D eigenvalue weighted by Crippen LogP contribution is -2.31. The number of carbonyl (C=O) groups excluding carboxylic acids is 1. The van der Waals surface area contributed by atoms with Crippen molar-refractivity contribution in [3.8, 4) is 0 Å². The molecule has 0 saturated heterocycles. The second-order valence-corrected chi connectivity index (χ2v) is 7.50. The lowest BCUT2D eigenvalue weighted by Gasteiger charge is -2.19. The summed E-state index contributed by atoms with van der Waals surface area (Å²) in [4.78, 5) is 17.0. The zero-order valence-corrected chi connectivity index (χ0v) is 16.1. The Balaban J connectivity index is 1.83. The number of aromatic nitrogens is 2. The summed E-state index contributed by atoms with van der Waals surface area (Å²) in [6, 6.07) is 11.7. The number of imidazole rings is 1. The molecule has 3 rings (SSSR count). The fraction of sp³-hybridized carbons (Fsp3) is 0.158. The molecule has 28 heavy (non-hydrogen) atoms. The molecule has 3 aromatic rings. The van der Waals surface area contributed by atoms with Crippen LogP contribution in [-0.2, 0) is 7.05 Å². The number of hydrogen-bond donors (Lipinski definition) is 1. The van der Waals surface area contributed by atoms with Crippen LogP contribution in [0.4, 0.5) is 13.2 Å². The zero-order valence-electron chi connectivity index (χ0n) is 14.6. The third-order valence-corrected chi connectivity index (χ3v) is 4.94. The summed E-state index contributed by atoms with van der Waals surface area (Å²) in [7, 11) is 1.81. The van der Waals surface area contributed by atoms with Gasteiger partial charge in [0.25, 0.3) is 5.91 Å². The molecule has 0 bridgehead atoms. The summed E-state index contributed by atoms with van der Waals surface area (Å²) in [5.41, 5.74) is -3.35. The van der Waals surface area contributed by atoms with E-state index in [2.05, 4.69) is 10.3 Å². The highest BCUT2D eigenvalue weighted by molar-refractivity contribution is 8.00. The lowest BCUT2D eigenvalue weighted by molar-refractivity contribution is -0.0328. The summed E-state index contributed by atoms with van der Waals surface area (Å²) in [5, 5.41) is 3.45. The molecule has 146 valence electrons. The Hall–Kier alpha value is -2.45. The highest BCUT2D eigenvalue weighted by atomic mass is 35.5. The van der Waals surface area contributed by atoms with Crippen LogP contribution in [0.1, 0.15) is 27.8 Å². The summed E-state index contributed by atoms with van der Waals surface area (Å²) in [6.07, 6.45) is 3.38. The van der Waals surface area contributed by atoms with Crippen molar-refractivity contribution in [2.45, 2.75) is 16.4 Å². The summed E-state index contributed by atoms with van der Waals surface area (Å²) < 4.78 is 39.1. The molecule has 0 fully saturated rings. The Bertz CT molecular complexity index is 956. The van der Waals surface area contributed by atoms with Crippen LogP contribution in [0.15, 0.2) is 65.8 Å². The van der Waals surface area contributed by atoms with Gasteiger partial charge in [-0.05, 0) is 53.7 Å². The zero-order chi connectivity index (χ0) is 20.3. The van der Waals surface area contributed by atoms with Crippen LogP contribution in [0.25, 0.3) is 0 Å². The molecule has 4 nitrogen and oxygen atoms in total. The van der Waals surface area contributed by atoms with Crippen LogP contribution >= 0.6 is 23.4 Å². The molecule has 1 atom stereocenters. The van der Waals surface area contributed by atoms with E-state index in [1.807, 2.05) is 0 Å². The van der Waals surface area contributed by atoms with Crippen LogP contribution in [0.5, 0.6) is 0 Å². The van der Waals surface area contributed by atoms with Crippen molar-refractivity contribution in [3.63, 3.8) is 0 Å². The minimum atomic E-state index is -4.37. The fourth-order valence-electron chi connectivity index (χ4n) is 2.63. The van der Waals surface area contributed by atoms with Crippen LogP contribution in [0.3, 0.4) is 0 Å². The molecule has 2 aromatic carbocycles. The van der Waals surface area contributed by atoms with Gasteiger partial charge in [0.2, 0.25) is 0 Å². The van der Waals surface area contributed by atoms with Crippen molar-refractivity contribution in [1.82, 2.24) is 14.9 Å². The first-order valence-corrected chi connectivity index (χ1v) is 9.32. The minimum absolute atomic E-state index is 0.0161. The molecule has 9 heteroatoms. The highest BCUT2D eigenvalue weighted by Gasteiger charge is 2.29. The summed E-state index contributed by atoms with van der Waals surface area (Å²) >= 11 is 5.72. The molecule has 0 radical (unpaired) electrons. The summed E-state index contributed by atoms with van der Waals surface area (Å²) in [6.45, 7) is 0. The predicted octanol–water partition coefficient (Wildman–Crippen LogP) is 5.20. The maximum absolute atomic E-state index is 12.7. The van der Waals surface area contributed by atoms with Gasteiger partial charge >= 0.3 is 5.51 Å². The van der Waals surface area contributed by atoms with Crippen molar-refractivity contribution in [3.05, 3.63) is 82.9 Å². The molecule has 1 unspecified atom stereocenters. The standard InChI is InChI=1S/C19H15ClF3N3OS/c1-26-11-10-24-17(26)16(12-2-6-14(20)7-3-12)25-18(27)13-4-8-15(9-5-13)28-19(21,22)23/h2-11,16H,1H3,(H,25,27). The number of benzene rings is 2. The second-order valence-electron chi connectivity index (χ2n) is 5.93. The Morgan fingerprint density at radius 1 is 1.14 bits per heavy atom. The van der Waals surface area contributed by atoms with E-state index in [1.54, 1.807) is 48.3 Å². The number of halogens is 4. The average Bonchev–Trinajstić information content (AvgIpc) is 3.05. The molecule has 1 N–H and O–H groups in total. The first-order chi connectivity index (χ1) is 13.2. The molecular weight excluding hydrogens is 411 g/mol. The Kier molecular flexibility index (Phi) is 6.00. The van der Waals surface area contributed by atoms with Gasteiger partial charge in [-0.1, -0.05) is 23.7 Å². The molecule has 1 heterocycles. The predicted molar refractivity (Wildman–Crippen MR) is 102 cm³/mol. The number of aryl methyl sites for hydroxylation is 1. The van der Waals surface area contributed by atoms with Gasteiger partial charge in [0.15, 0.2) is 0 Å². The van der Waals surface area contributed by atoms with Crippen molar-refractivity contribution in [1.29, 1.82) is 0 Å². The van der Waals surface area contributed by atoms with Crippen LogP contribution in [0, 0.1) is 0 Å².